The molecule has 0 unspecified atom stereocenters. The van der Waals surface area contributed by atoms with Crippen molar-refractivity contribution in [2.75, 3.05) is 88.5 Å². The van der Waals surface area contributed by atoms with E-state index in [1.54, 1.807) is 31.7 Å². The summed E-state index contributed by atoms with van der Waals surface area (Å²) in [5.41, 5.74) is 0. The zero-order valence-corrected chi connectivity index (χ0v) is 33.4. The van der Waals surface area contributed by atoms with Crippen molar-refractivity contribution in [3.63, 3.8) is 0 Å². The summed E-state index contributed by atoms with van der Waals surface area (Å²) in [5, 5.41) is 12.1. The highest BCUT2D eigenvalue weighted by Gasteiger charge is 2.19. The van der Waals surface area contributed by atoms with Gasteiger partial charge in [-0.3, -0.25) is 9.69 Å². The monoisotopic (exact) mass is 757 g/mol. The number of unbranched alkanes of at least 4 members (excludes halogenated alkanes) is 10. The third-order valence-corrected chi connectivity index (χ3v) is 8.91. The molecule has 2 aliphatic heterocycles. The van der Waals surface area contributed by atoms with Crippen LogP contribution in [0, 0.1) is 0 Å². The highest BCUT2D eigenvalue weighted by atomic mass is 16.5. The van der Waals surface area contributed by atoms with E-state index in [1.165, 1.54) is 64.2 Å². The van der Waals surface area contributed by atoms with Gasteiger partial charge in [0, 0.05) is 65.0 Å². The molecule has 0 atom stereocenters. The van der Waals surface area contributed by atoms with Crippen molar-refractivity contribution >= 4 is 23.8 Å². The van der Waals surface area contributed by atoms with Gasteiger partial charge in [-0.15, -0.1) is 0 Å². The van der Waals surface area contributed by atoms with Crippen LogP contribution in [-0.4, -0.2) is 121 Å². The molecule has 2 fully saturated rings. The molecule has 4 heterocycles. The Morgan fingerprint density at radius 1 is 0.704 bits per heavy atom. The number of aromatic nitrogens is 4. The number of carboxylic acid groups (broad SMARTS) is 1. The molecule has 2 aliphatic rings. The zero-order valence-electron chi connectivity index (χ0n) is 33.4. The van der Waals surface area contributed by atoms with Gasteiger partial charge in [0.05, 0.1) is 51.0 Å². The fourth-order valence-electron chi connectivity index (χ4n) is 5.73. The molecular weight excluding hydrogens is 688 g/mol. The molecule has 0 bridgehead atoms. The van der Waals surface area contributed by atoms with Crippen molar-refractivity contribution in [3.05, 3.63) is 37.4 Å². The van der Waals surface area contributed by atoms with Gasteiger partial charge in [0.1, 0.15) is 0 Å². The zero-order chi connectivity index (χ0) is 39.1. The highest BCUT2D eigenvalue weighted by molar-refractivity contribution is 5.81. The Morgan fingerprint density at radius 2 is 1.15 bits per heavy atom. The molecule has 14 nitrogen and oxygen atoms in total. The number of piperazine rings is 2. The first kappa shape index (κ1) is 46.1. The molecule has 14 heteroatoms. The van der Waals surface area contributed by atoms with Gasteiger partial charge < -0.3 is 34.4 Å². The van der Waals surface area contributed by atoms with Crippen LogP contribution in [0.3, 0.4) is 0 Å². The van der Waals surface area contributed by atoms with E-state index in [0.717, 1.165) is 108 Å². The summed E-state index contributed by atoms with van der Waals surface area (Å²) in [5.74, 6) is 1.93. The molecule has 2 aromatic heterocycles. The van der Waals surface area contributed by atoms with Crippen LogP contribution in [0.25, 0.3) is 0 Å². The van der Waals surface area contributed by atoms with E-state index in [-0.39, 0.29) is 12.4 Å². The van der Waals surface area contributed by atoms with Crippen molar-refractivity contribution in [2.24, 2.45) is 0 Å². The van der Waals surface area contributed by atoms with Crippen LogP contribution in [-0.2, 0) is 14.3 Å². The van der Waals surface area contributed by atoms with E-state index in [0.29, 0.717) is 13.2 Å². The predicted octanol–water partition coefficient (Wildman–Crippen LogP) is 6.17. The number of carbonyl (C=O) groups is 2. The molecule has 54 heavy (non-hydrogen) atoms. The minimum Gasteiger partial charge on any atom is -0.490 e. The molecule has 0 saturated carbocycles. The van der Waals surface area contributed by atoms with E-state index in [9.17, 15) is 9.59 Å². The van der Waals surface area contributed by atoms with Gasteiger partial charge in [0.15, 0.2) is 11.5 Å². The normalized spacial score (nSPS) is 14.2. The van der Waals surface area contributed by atoms with E-state index in [4.69, 9.17) is 14.6 Å². The number of carbonyl (C=O) groups excluding carboxylic acids is 1. The first-order chi connectivity index (χ1) is 26.4. The molecule has 2 saturated heterocycles. The first-order valence-electron chi connectivity index (χ1n) is 20.2. The average Bonchev–Trinajstić information content (AvgIpc) is 3.21. The number of hydrogen-bond donors (Lipinski definition) is 2. The minimum atomic E-state index is -0.743. The summed E-state index contributed by atoms with van der Waals surface area (Å²) in [6.07, 6.45) is 23.6. The van der Waals surface area contributed by atoms with E-state index in [1.807, 2.05) is 0 Å². The summed E-state index contributed by atoms with van der Waals surface area (Å²) >= 11 is 0. The van der Waals surface area contributed by atoms with Gasteiger partial charge in [0.25, 0.3) is 0 Å². The molecule has 4 rings (SSSR count). The first-order valence-corrected chi connectivity index (χ1v) is 20.2. The summed E-state index contributed by atoms with van der Waals surface area (Å²) in [6, 6.07) is 0. The van der Waals surface area contributed by atoms with Gasteiger partial charge in [0.2, 0.25) is 11.9 Å². The van der Waals surface area contributed by atoms with Crippen molar-refractivity contribution in [2.45, 2.75) is 104 Å². The van der Waals surface area contributed by atoms with Crippen LogP contribution in [0.1, 0.15) is 104 Å². The number of nitrogens with zero attached hydrogens (tertiary/aromatic N) is 7. The molecule has 0 aromatic carbocycles. The number of rotatable bonds is 23. The van der Waals surface area contributed by atoms with Gasteiger partial charge >= 0.3 is 11.9 Å². The number of aliphatic carboxylic acids is 1. The lowest BCUT2D eigenvalue weighted by Crippen LogP contribution is -2.47. The van der Waals surface area contributed by atoms with Crippen LogP contribution in [0.2, 0.25) is 0 Å². The maximum Gasteiger partial charge on any atom is 0.330 e. The number of ether oxygens (including phenoxy) is 3. The summed E-state index contributed by atoms with van der Waals surface area (Å²) in [4.78, 5) is 44.9. The summed E-state index contributed by atoms with van der Waals surface area (Å²) < 4.78 is 15.9. The second-order valence-corrected chi connectivity index (χ2v) is 13.3. The number of anilines is 2. The van der Waals surface area contributed by atoms with E-state index >= 15 is 0 Å². The second-order valence-electron chi connectivity index (χ2n) is 13.3. The highest BCUT2D eigenvalue weighted by Crippen LogP contribution is 2.16. The SMILES string of the molecule is C=CC(=O)OCC.CCCCCCCCOc1cnc(N2CCN(CCC(=O)O)CC2)nc1.CCCCCCCCOc1cnc(N2CCNCC2)nc1. The lowest BCUT2D eigenvalue weighted by molar-refractivity contribution is -0.138. The summed E-state index contributed by atoms with van der Waals surface area (Å²) in [7, 11) is 0. The molecule has 2 aromatic rings. The van der Waals surface area contributed by atoms with Crippen LogP contribution in [0.4, 0.5) is 11.9 Å². The Kier molecular flexibility index (Phi) is 25.9. The fraction of sp³-hybridized carbons (Fsp3) is 0.700. The van der Waals surface area contributed by atoms with Crippen molar-refractivity contribution in [3.8, 4) is 11.5 Å². The second kappa shape index (κ2) is 30.3. The van der Waals surface area contributed by atoms with E-state index in [2.05, 4.69) is 65.1 Å². The number of nitrogens with one attached hydrogen (secondary N) is 1. The standard InChI is InChI=1S/C19H32N4O3.C16H28N4O.C5H8O2/c1-2-3-4-5-6-7-14-26-17-15-20-19(21-16-17)23-12-10-22(11-13-23)9-8-18(24)25;1-2-3-4-5-6-7-12-21-15-13-18-16(19-14-15)20-10-8-17-9-11-20;1-3-5(6)7-4-2/h15-16H,2-14H2,1H3,(H,24,25);13-14,17H,2-12H2,1H3;3H,1,4H2,2H3. The minimum absolute atomic E-state index is 0.196. The Labute approximate surface area is 324 Å². The molecular formula is C40H68N8O6. The van der Waals surface area contributed by atoms with Crippen molar-refractivity contribution in [1.82, 2.24) is 30.2 Å². The molecule has 0 spiro atoms. The van der Waals surface area contributed by atoms with Crippen LogP contribution < -0.4 is 24.6 Å². The third kappa shape index (κ3) is 21.6. The number of carboxylic acids is 1. The number of esters is 1. The smallest absolute Gasteiger partial charge is 0.330 e. The summed E-state index contributed by atoms with van der Waals surface area (Å²) in [6.45, 7) is 19.2. The van der Waals surface area contributed by atoms with Crippen LogP contribution in [0.15, 0.2) is 37.4 Å². The quantitative estimate of drug-likeness (QED) is 0.0754. The average molecular weight is 757 g/mol. The van der Waals surface area contributed by atoms with Crippen molar-refractivity contribution < 1.29 is 28.9 Å². The fourth-order valence-corrected chi connectivity index (χ4v) is 5.73. The number of hydrogen-bond acceptors (Lipinski definition) is 13. The predicted molar refractivity (Wildman–Crippen MR) is 215 cm³/mol. The lowest BCUT2D eigenvalue weighted by Gasteiger charge is -2.34. The third-order valence-electron chi connectivity index (χ3n) is 8.91. The molecule has 0 aliphatic carbocycles. The van der Waals surface area contributed by atoms with Gasteiger partial charge in [-0.2, -0.15) is 0 Å². The Hall–Kier alpha value is -4.04. The maximum absolute atomic E-state index is 10.6. The lowest BCUT2D eigenvalue weighted by atomic mass is 10.1. The molecule has 304 valence electrons. The van der Waals surface area contributed by atoms with Gasteiger partial charge in [-0.1, -0.05) is 84.6 Å². The topological polar surface area (TPSA) is 155 Å². The van der Waals surface area contributed by atoms with Crippen LogP contribution in [0.5, 0.6) is 11.5 Å². The largest absolute Gasteiger partial charge is 0.490 e. The Bertz CT molecular complexity index is 1240. The Balaban J connectivity index is 0.000000322. The van der Waals surface area contributed by atoms with Gasteiger partial charge in [-0.05, 0) is 19.8 Å². The molecule has 0 radical (unpaired) electrons. The molecule has 0 amide bonds. The molecule has 2 N–H and O–H groups in total. The van der Waals surface area contributed by atoms with Gasteiger partial charge in [-0.25, -0.2) is 24.7 Å². The Morgan fingerprint density at radius 3 is 1.56 bits per heavy atom. The van der Waals surface area contributed by atoms with Crippen molar-refractivity contribution in [1.29, 1.82) is 0 Å². The van der Waals surface area contributed by atoms with E-state index < -0.39 is 5.97 Å². The maximum atomic E-state index is 10.6. The van der Waals surface area contributed by atoms with Crippen LogP contribution >= 0.6 is 0 Å².